The molecule has 1 aliphatic rings. The van der Waals surface area contributed by atoms with Crippen molar-refractivity contribution < 1.29 is 9.53 Å². The number of hydrogen-bond donors (Lipinski definition) is 2. The molecule has 1 fully saturated rings. The number of hydrogen-bond acceptors (Lipinski definition) is 4. The minimum Gasteiger partial charge on any atom is -0.383 e. The Balaban J connectivity index is 2.11. The first-order valence-electron chi connectivity index (χ1n) is 6.90. The minimum absolute atomic E-state index is 0.0422. The summed E-state index contributed by atoms with van der Waals surface area (Å²) in [5, 5.41) is 6.14. The van der Waals surface area contributed by atoms with Crippen LogP contribution in [0.4, 0.5) is 0 Å². The molecule has 1 aliphatic heterocycles. The molecule has 1 heterocycles. The first-order valence-corrected chi connectivity index (χ1v) is 6.90. The van der Waals surface area contributed by atoms with Gasteiger partial charge in [0.2, 0.25) is 5.91 Å². The molecule has 0 aromatic heterocycles. The van der Waals surface area contributed by atoms with Gasteiger partial charge in [0.1, 0.15) is 0 Å². The molecule has 1 rings (SSSR count). The molecule has 2 unspecified atom stereocenters. The van der Waals surface area contributed by atoms with Gasteiger partial charge in [-0.3, -0.25) is 9.69 Å². The van der Waals surface area contributed by atoms with Gasteiger partial charge in [-0.15, -0.1) is 0 Å². The van der Waals surface area contributed by atoms with Crippen LogP contribution in [0.2, 0.25) is 0 Å². The highest BCUT2D eigenvalue weighted by molar-refractivity contribution is 5.78. The number of nitrogens with one attached hydrogen (secondary N) is 2. The van der Waals surface area contributed by atoms with E-state index in [4.69, 9.17) is 4.74 Å². The third-order valence-corrected chi connectivity index (χ3v) is 3.39. The van der Waals surface area contributed by atoms with Crippen LogP contribution >= 0.6 is 0 Å². The lowest BCUT2D eigenvalue weighted by molar-refractivity contribution is -0.121. The molecular formula is C13H27N3O2. The number of amides is 1. The summed E-state index contributed by atoms with van der Waals surface area (Å²) in [4.78, 5) is 14.1. The third-order valence-electron chi connectivity index (χ3n) is 3.39. The summed E-state index contributed by atoms with van der Waals surface area (Å²) >= 11 is 0. The lowest BCUT2D eigenvalue weighted by Crippen LogP contribution is -2.44. The standard InChI is InChI=1S/C13H27N3O2/c1-4-16-7-5-6-12(16)8-14-9-13(17)15-11(2)10-18-3/h11-12,14H,4-10H2,1-3H3,(H,15,17). The Morgan fingerprint density at radius 2 is 2.33 bits per heavy atom. The maximum Gasteiger partial charge on any atom is 0.234 e. The molecule has 0 aromatic rings. The van der Waals surface area contributed by atoms with Gasteiger partial charge in [0.25, 0.3) is 0 Å². The highest BCUT2D eigenvalue weighted by Crippen LogP contribution is 2.15. The maximum atomic E-state index is 11.6. The molecule has 0 radical (unpaired) electrons. The summed E-state index contributed by atoms with van der Waals surface area (Å²) in [7, 11) is 1.64. The fourth-order valence-electron chi connectivity index (χ4n) is 2.51. The number of nitrogens with zero attached hydrogens (tertiary/aromatic N) is 1. The van der Waals surface area contributed by atoms with Gasteiger partial charge in [-0.25, -0.2) is 0 Å². The highest BCUT2D eigenvalue weighted by atomic mass is 16.5. The van der Waals surface area contributed by atoms with E-state index in [1.165, 1.54) is 19.4 Å². The highest BCUT2D eigenvalue weighted by Gasteiger charge is 2.22. The fraction of sp³-hybridized carbons (Fsp3) is 0.923. The largest absolute Gasteiger partial charge is 0.383 e. The van der Waals surface area contributed by atoms with Gasteiger partial charge in [0, 0.05) is 25.7 Å². The van der Waals surface area contributed by atoms with Crippen molar-refractivity contribution in [3.63, 3.8) is 0 Å². The van der Waals surface area contributed by atoms with Crippen LogP contribution in [0.15, 0.2) is 0 Å². The van der Waals surface area contributed by atoms with E-state index >= 15 is 0 Å². The molecule has 0 bridgehead atoms. The van der Waals surface area contributed by atoms with E-state index < -0.39 is 0 Å². The Hall–Kier alpha value is -0.650. The second-order valence-corrected chi connectivity index (χ2v) is 4.98. The summed E-state index contributed by atoms with van der Waals surface area (Å²) < 4.78 is 4.98. The second-order valence-electron chi connectivity index (χ2n) is 4.98. The molecule has 5 nitrogen and oxygen atoms in total. The number of rotatable bonds is 8. The minimum atomic E-state index is 0.0422. The predicted molar refractivity (Wildman–Crippen MR) is 72.6 cm³/mol. The monoisotopic (exact) mass is 257 g/mol. The average Bonchev–Trinajstić information content (AvgIpc) is 2.76. The van der Waals surface area contributed by atoms with Crippen molar-refractivity contribution in [2.45, 2.75) is 38.8 Å². The van der Waals surface area contributed by atoms with Crippen LogP contribution in [0.5, 0.6) is 0 Å². The maximum absolute atomic E-state index is 11.6. The molecule has 0 saturated carbocycles. The van der Waals surface area contributed by atoms with Crippen LogP contribution in [-0.4, -0.2) is 62.8 Å². The molecule has 1 amide bonds. The van der Waals surface area contributed by atoms with Crippen LogP contribution in [0, 0.1) is 0 Å². The summed E-state index contributed by atoms with van der Waals surface area (Å²) in [6.45, 7) is 8.28. The number of carbonyl (C=O) groups excluding carboxylic acids is 1. The Labute approximate surface area is 110 Å². The van der Waals surface area contributed by atoms with Crippen molar-refractivity contribution in [3.8, 4) is 0 Å². The molecule has 0 spiro atoms. The van der Waals surface area contributed by atoms with Crippen molar-refractivity contribution in [1.82, 2.24) is 15.5 Å². The van der Waals surface area contributed by atoms with E-state index in [0.29, 0.717) is 19.2 Å². The van der Waals surface area contributed by atoms with E-state index in [9.17, 15) is 4.79 Å². The van der Waals surface area contributed by atoms with Gasteiger partial charge < -0.3 is 15.4 Å². The van der Waals surface area contributed by atoms with Gasteiger partial charge in [0.05, 0.1) is 13.2 Å². The lowest BCUT2D eigenvalue weighted by Gasteiger charge is -2.23. The van der Waals surface area contributed by atoms with E-state index in [0.717, 1.165) is 13.1 Å². The number of carbonyl (C=O) groups is 1. The topological polar surface area (TPSA) is 53.6 Å². The second kappa shape index (κ2) is 8.45. The van der Waals surface area contributed by atoms with Gasteiger partial charge in [0.15, 0.2) is 0 Å². The summed E-state index contributed by atoms with van der Waals surface area (Å²) in [5.74, 6) is 0.0422. The Bertz CT molecular complexity index is 248. The van der Waals surface area contributed by atoms with E-state index in [2.05, 4.69) is 22.5 Å². The number of ether oxygens (including phenoxy) is 1. The van der Waals surface area contributed by atoms with Crippen molar-refractivity contribution >= 4 is 5.91 Å². The van der Waals surface area contributed by atoms with Crippen LogP contribution < -0.4 is 10.6 Å². The molecule has 18 heavy (non-hydrogen) atoms. The summed E-state index contributed by atoms with van der Waals surface area (Å²) in [6, 6.07) is 0.669. The molecule has 1 saturated heterocycles. The number of methoxy groups -OCH3 is 1. The molecule has 2 N–H and O–H groups in total. The van der Waals surface area contributed by atoms with Gasteiger partial charge >= 0.3 is 0 Å². The first-order chi connectivity index (χ1) is 8.67. The summed E-state index contributed by atoms with van der Waals surface area (Å²) in [5.41, 5.74) is 0. The molecule has 106 valence electrons. The van der Waals surface area contributed by atoms with Crippen molar-refractivity contribution in [2.75, 3.05) is 39.9 Å². The van der Waals surface area contributed by atoms with Crippen molar-refractivity contribution in [1.29, 1.82) is 0 Å². The van der Waals surface area contributed by atoms with Crippen molar-refractivity contribution in [2.24, 2.45) is 0 Å². The summed E-state index contributed by atoms with van der Waals surface area (Å²) in [6.07, 6.45) is 2.51. The SMILES string of the molecule is CCN1CCCC1CNCC(=O)NC(C)COC. The van der Waals surface area contributed by atoms with E-state index in [1.54, 1.807) is 7.11 Å². The molecule has 0 aliphatic carbocycles. The smallest absolute Gasteiger partial charge is 0.234 e. The zero-order valence-corrected chi connectivity index (χ0v) is 11.9. The van der Waals surface area contributed by atoms with E-state index in [-0.39, 0.29) is 11.9 Å². The number of likely N-dealkylation sites (tertiary alicyclic amines) is 1. The van der Waals surface area contributed by atoms with Gasteiger partial charge in [-0.1, -0.05) is 6.92 Å². The van der Waals surface area contributed by atoms with Crippen LogP contribution in [0.25, 0.3) is 0 Å². The Morgan fingerprint density at radius 1 is 1.56 bits per heavy atom. The van der Waals surface area contributed by atoms with Crippen LogP contribution in [-0.2, 0) is 9.53 Å². The zero-order chi connectivity index (χ0) is 13.4. The molecular weight excluding hydrogens is 230 g/mol. The number of likely N-dealkylation sites (N-methyl/N-ethyl adjacent to an activating group) is 1. The first kappa shape index (κ1) is 15.4. The van der Waals surface area contributed by atoms with E-state index in [1.807, 2.05) is 6.92 Å². The predicted octanol–water partition coefficient (Wildman–Crippen LogP) is 0.211. The fourth-order valence-corrected chi connectivity index (χ4v) is 2.51. The third kappa shape index (κ3) is 5.33. The zero-order valence-electron chi connectivity index (χ0n) is 11.9. The van der Waals surface area contributed by atoms with Gasteiger partial charge in [-0.05, 0) is 32.9 Å². The molecule has 0 aromatic carbocycles. The Kier molecular flexibility index (Phi) is 7.23. The normalized spacial score (nSPS) is 22.1. The molecule has 2 atom stereocenters. The van der Waals surface area contributed by atoms with Gasteiger partial charge in [-0.2, -0.15) is 0 Å². The average molecular weight is 257 g/mol. The Morgan fingerprint density at radius 3 is 3.00 bits per heavy atom. The molecule has 5 heteroatoms. The van der Waals surface area contributed by atoms with Crippen molar-refractivity contribution in [3.05, 3.63) is 0 Å². The van der Waals surface area contributed by atoms with Crippen LogP contribution in [0.3, 0.4) is 0 Å². The lowest BCUT2D eigenvalue weighted by atomic mass is 10.2. The van der Waals surface area contributed by atoms with Crippen LogP contribution in [0.1, 0.15) is 26.7 Å². The quantitative estimate of drug-likeness (QED) is 0.653.